The van der Waals surface area contributed by atoms with Crippen molar-refractivity contribution in [2.45, 2.75) is 6.61 Å². The molecule has 0 aromatic heterocycles. The second-order valence-corrected chi connectivity index (χ2v) is 6.30. The molecule has 144 valence electrons. The molecule has 2 rings (SSSR count). The summed E-state index contributed by atoms with van der Waals surface area (Å²) in [4.78, 5) is 24.2. The van der Waals surface area contributed by atoms with E-state index in [2.05, 4.69) is 21.2 Å². The highest BCUT2D eigenvalue weighted by atomic mass is 79.9. The molecule has 27 heavy (non-hydrogen) atoms. The molecule has 0 aliphatic carbocycles. The van der Waals surface area contributed by atoms with E-state index in [1.54, 1.807) is 0 Å². The maximum absolute atomic E-state index is 12.3. The van der Waals surface area contributed by atoms with Crippen molar-refractivity contribution in [3.8, 4) is 17.2 Å². The average Bonchev–Trinajstić information content (AvgIpc) is 2.70. The first-order valence-corrected chi connectivity index (χ1v) is 8.76. The molecular formula is C19H20BrNO6. The predicted octanol–water partition coefficient (Wildman–Crippen LogP) is 2.95. The summed E-state index contributed by atoms with van der Waals surface area (Å²) in [6.45, 7) is -0.127. The minimum absolute atomic E-state index is 0.131. The van der Waals surface area contributed by atoms with E-state index in [1.165, 1.54) is 33.5 Å². The Bertz CT molecular complexity index is 781. The van der Waals surface area contributed by atoms with Crippen LogP contribution >= 0.6 is 15.9 Å². The van der Waals surface area contributed by atoms with Crippen LogP contribution in [0.4, 0.5) is 0 Å². The second-order valence-electron chi connectivity index (χ2n) is 5.38. The molecule has 0 aliphatic heterocycles. The molecule has 1 N–H and O–H groups in total. The second kappa shape index (κ2) is 9.82. The Balaban J connectivity index is 1.94. The van der Waals surface area contributed by atoms with Crippen LogP contribution in [0.5, 0.6) is 17.2 Å². The molecule has 2 aromatic rings. The van der Waals surface area contributed by atoms with Gasteiger partial charge in [-0.15, -0.1) is 0 Å². The molecule has 8 heteroatoms. The first-order valence-electron chi connectivity index (χ1n) is 7.96. The lowest BCUT2D eigenvalue weighted by Crippen LogP contribution is -2.30. The van der Waals surface area contributed by atoms with Gasteiger partial charge in [-0.3, -0.25) is 9.59 Å². The fourth-order valence-electron chi connectivity index (χ4n) is 2.26. The third-order valence-corrected chi connectivity index (χ3v) is 4.16. The Hall–Kier alpha value is -2.74. The highest BCUT2D eigenvalue weighted by Gasteiger charge is 2.17. The Kier molecular flexibility index (Phi) is 7.48. The van der Waals surface area contributed by atoms with E-state index in [0.29, 0.717) is 17.2 Å². The number of carbonyl (C=O) groups excluding carboxylic acids is 2. The van der Waals surface area contributed by atoms with Gasteiger partial charge in [0.25, 0.3) is 5.91 Å². The summed E-state index contributed by atoms with van der Waals surface area (Å²) in [6, 6.07) is 10.4. The highest BCUT2D eigenvalue weighted by Crippen LogP contribution is 2.38. The van der Waals surface area contributed by atoms with Crippen molar-refractivity contribution in [3.05, 3.63) is 52.0 Å². The first kappa shape index (κ1) is 20.6. The van der Waals surface area contributed by atoms with Gasteiger partial charge in [0.05, 0.1) is 21.3 Å². The van der Waals surface area contributed by atoms with E-state index >= 15 is 0 Å². The van der Waals surface area contributed by atoms with Crippen molar-refractivity contribution in [2.24, 2.45) is 0 Å². The average molecular weight is 438 g/mol. The van der Waals surface area contributed by atoms with Gasteiger partial charge in [0.2, 0.25) is 5.75 Å². The van der Waals surface area contributed by atoms with Gasteiger partial charge in [-0.25, -0.2) is 0 Å². The number of methoxy groups -OCH3 is 3. The maximum Gasteiger partial charge on any atom is 0.325 e. The molecule has 0 heterocycles. The van der Waals surface area contributed by atoms with Crippen molar-refractivity contribution >= 4 is 27.8 Å². The molecule has 0 bridgehead atoms. The monoisotopic (exact) mass is 437 g/mol. The van der Waals surface area contributed by atoms with Crippen LogP contribution in [0.1, 0.15) is 15.9 Å². The Morgan fingerprint density at radius 3 is 2.07 bits per heavy atom. The van der Waals surface area contributed by atoms with Crippen LogP contribution in [0.15, 0.2) is 40.9 Å². The lowest BCUT2D eigenvalue weighted by molar-refractivity contribution is -0.143. The fourth-order valence-corrected chi connectivity index (χ4v) is 2.53. The zero-order chi connectivity index (χ0) is 19.8. The normalized spacial score (nSPS) is 10.1. The van der Waals surface area contributed by atoms with Crippen LogP contribution in [0.3, 0.4) is 0 Å². The summed E-state index contributed by atoms with van der Waals surface area (Å²) in [7, 11) is 4.39. The lowest BCUT2D eigenvalue weighted by Gasteiger charge is -2.14. The summed E-state index contributed by atoms with van der Waals surface area (Å²) >= 11 is 3.34. The van der Waals surface area contributed by atoms with Gasteiger partial charge in [0.1, 0.15) is 13.2 Å². The molecule has 0 unspecified atom stereocenters. The van der Waals surface area contributed by atoms with Gasteiger partial charge in [-0.1, -0.05) is 28.1 Å². The van der Waals surface area contributed by atoms with Crippen molar-refractivity contribution < 1.29 is 28.5 Å². The molecule has 0 saturated carbocycles. The van der Waals surface area contributed by atoms with Crippen LogP contribution < -0.4 is 19.5 Å². The number of rotatable bonds is 8. The van der Waals surface area contributed by atoms with E-state index in [-0.39, 0.29) is 18.7 Å². The topological polar surface area (TPSA) is 83.1 Å². The molecular weight excluding hydrogens is 418 g/mol. The third kappa shape index (κ3) is 5.62. The van der Waals surface area contributed by atoms with E-state index in [9.17, 15) is 9.59 Å². The number of hydrogen-bond acceptors (Lipinski definition) is 6. The van der Waals surface area contributed by atoms with Crippen LogP contribution in [-0.2, 0) is 16.1 Å². The number of ether oxygens (including phenoxy) is 4. The molecule has 0 atom stereocenters. The molecule has 0 saturated heterocycles. The minimum atomic E-state index is -0.543. The number of esters is 1. The summed E-state index contributed by atoms with van der Waals surface area (Å²) in [5, 5.41) is 2.51. The van der Waals surface area contributed by atoms with Gasteiger partial charge in [0, 0.05) is 10.0 Å². The van der Waals surface area contributed by atoms with E-state index in [4.69, 9.17) is 18.9 Å². The third-order valence-electron chi connectivity index (χ3n) is 3.63. The van der Waals surface area contributed by atoms with Crippen LogP contribution in [-0.4, -0.2) is 39.8 Å². The Morgan fingerprint density at radius 2 is 1.56 bits per heavy atom. The molecule has 2 aromatic carbocycles. The number of nitrogens with one attached hydrogen (secondary N) is 1. The van der Waals surface area contributed by atoms with Crippen LogP contribution in [0, 0.1) is 0 Å². The van der Waals surface area contributed by atoms with Crippen LogP contribution in [0.25, 0.3) is 0 Å². The molecule has 0 radical (unpaired) electrons. The Morgan fingerprint density at radius 1 is 0.963 bits per heavy atom. The Labute approximate surface area is 165 Å². The van der Waals surface area contributed by atoms with Crippen LogP contribution in [0.2, 0.25) is 0 Å². The SMILES string of the molecule is COc1cc(C(=O)NCC(=O)OCc2ccc(Br)cc2)cc(OC)c1OC. The number of carbonyl (C=O) groups is 2. The van der Waals surface area contributed by atoms with E-state index in [1.807, 2.05) is 24.3 Å². The van der Waals surface area contributed by atoms with Gasteiger partial charge < -0.3 is 24.3 Å². The summed E-state index contributed by atoms with van der Waals surface area (Å²) in [5.74, 6) is 0.0682. The van der Waals surface area contributed by atoms with Crippen molar-refractivity contribution in [2.75, 3.05) is 27.9 Å². The number of amides is 1. The summed E-state index contributed by atoms with van der Waals surface area (Å²) < 4.78 is 21.7. The highest BCUT2D eigenvalue weighted by molar-refractivity contribution is 9.10. The number of halogens is 1. The number of hydrogen-bond donors (Lipinski definition) is 1. The van der Waals surface area contributed by atoms with Crippen molar-refractivity contribution in [1.29, 1.82) is 0 Å². The fraction of sp³-hybridized carbons (Fsp3) is 0.263. The van der Waals surface area contributed by atoms with Gasteiger partial charge in [-0.2, -0.15) is 0 Å². The molecule has 0 aliphatic rings. The van der Waals surface area contributed by atoms with Crippen molar-refractivity contribution in [3.63, 3.8) is 0 Å². The zero-order valence-electron chi connectivity index (χ0n) is 15.2. The molecule has 0 spiro atoms. The van der Waals surface area contributed by atoms with E-state index in [0.717, 1.165) is 10.0 Å². The first-order chi connectivity index (χ1) is 13.0. The predicted molar refractivity (Wildman–Crippen MR) is 102 cm³/mol. The van der Waals surface area contributed by atoms with Gasteiger partial charge >= 0.3 is 5.97 Å². The summed E-state index contributed by atoms with van der Waals surface area (Å²) in [5.41, 5.74) is 1.12. The minimum Gasteiger partial charge on any atom is -0.493 e. The summed E-state index contributed by atoms with van der Waals surface area (Å²) in [6.07, 6.45) is 0. The molecule has 0 fully saturated rings. The zero-order valence-corrected chi connectivity index (χ0v) is 16.8. The largest absolute Gasteiger partial charge is 0.493 e. The lowest BCUT2D eigenvalue weighted by atomic mass is 10.1. The van der Waals surface area contributed by atoms with Crippen molar-refractivity contribution in [1.82, 2.24) is 5.32 Å². The smallest absolute Gasteiger partial charge is 0.325 e. The molecule has 7 nitrogen and oxygen atoms in total. The standard InChI is InChI=1S/C19H20BrNO6/c1-24-15-8-13(9-16(25-2)18(15)26-3)19(23)21-10-17(22)27-11-12-4-6-14(20)7-5-12/h4-9H,10-11H2,1-3H3,(H,21,23). The van der Waals surface area contributed by atoms with Gasteiger partial charge in [0.15, 0.2) is 11.5 Å². The number of benzene rings is 2. The van der Waals surface area contributed by atoms with Gasteiger partial charge in [-0.05, 0) is 29.8 Å². The van der Waals surface area contributed by atoms with E-state index < -0.39 is 11.9 Å². The quantitative estimate of drug-likeness (QED) is 0.639. The maximum atomic E-state index is 12.3. The molecule has 1 amide bonds.